The second-order valence-corrected chi connectivity index (χ2v) is 4.65. The molecule has 0 bridgehead atoms. The molecule has 1 aromatic heterocycles. The van der Waals surface area contributed by atoms with Gasteiger partial charge in [0.05, 0.1) is 0 Å². The summed E-state index contributed by atoms with van der Waals surface area (Å²) in [5.41, 5.74) is -0.627. The number of nitrogens with zero attached hydrogens (tertiary/aromatic N) is 1. The van der Waals surface area contributed by atoms with Crippen molar-refractivity contribution in [2.45, 2.75) is 26.7 Å². The highest BCUT2D eigenvalue weighted by atomic mass is 16.4. The molecule has 0 aromatic carbocycles. The van der Waals surface area contributed by atoms with Gasteiger partial charge >= 0.3 is 0 Å². The second kappa shape index (κ2) is 5.43. The van der Waals surface area contributed by atoms with Gasteiger partial charge in [-0.3, -0.25) is 4.79 Å². The molecule has 0 aliphatic rings. The quantitative estimate of drug-likeness (QED) is 0.809. The fourth-order valence-electron chi connectivity index (χ4n) is 1.51. The minimum Gasteiger partial charge on any atom is -0.550 e. The lowest BCUT2D eigenvalue weighted by Gasteiger charge is -2.24. The van der Waals surface area contributed by atoms with E-state index in [9.17, 15) is 14.7 Å². The molecule has 5 nitrogen and oxygen atoms in total. The van der Waals surface area contributed by atoms with Gasteiger partial charge in [0.1, 0.15) is 5.82 Å². The molecule has 1 heterocycles. The number of aliphatic carboxylic acids is 1. The number of amides is 1. The first-order valence-corrected chi connectivity index (χ1v) is 5.30. The van der Waals surface area contributed by atoms with Crippen molar-refractivity contribution in [2.24, 2.45) is 5.41 Å². The fourth-order valence-corrected chi connectivity index (χ4v) is 1.51. The van der Waals surface area contributed by atoms with Gasteiger partial charge in [-0.1, -0.05) is 19.9 Å². The second-order valence-electron chi connectivity index (χ2n) is 4.65. The number of hydrogen-bond donors (Lipinski definition) is 1. The Morgan fingerprint density at radius 2 is 2.06 bits per heavy atom. The average molecular weight is 235 g/mol. The molecule has 0 spiro atoms. The monoisotopic (exact) mass is 235 g/mol. The molecular weight excluding hydrogens is 220 g/mol. The van der Waals surface area contributed by atoms with Gasteiger partial charge in [0.25, 0.3) is 0 Å². The number of rotatable bonds is 5. The van der Waals surface area contributed by atoms with Crippen LogP contribution in [0.3, 0.4) is 0 Å². The predicted molar refractivity (Wildman–Crippen MR) is 60.9 cm³/mol. The molecule has 0 saturated carbocycles. The first-order valence-electron chi connectivity index (χ1n) is 5.30. The Kier molecular flexibility index (Phi) is 4.20. The van der Waals surface area contributed by atoms with Crippen LogP contribution in [-0.2, 0) is 9.59 Å². The lowest BCUT2D eigenvalue weighted by molar-refractivity contribution is -0.307. The van der Waals surface area contributed by atoms with Crippen LogP contribution in [0.4, 0.5) is 5.82 Å². The number of carbonyl (C=O) groups is 2. The highest BCUT2D eigenvalue weighted by Crippen LogP contribution is 2.24. The number of hydrogen-bond acceptors (Lipinski definition) is 4. The first kappa shape index (κ1) is 13.2. The standard InChI is InChI=1S/C12H16N2O3/c1-12(2,8-11(16)17)7-10(15)14-9-5-3-4-6-13-9/h3-6H,7-8H2,1-2H3,(H,16,17)(H,13,14,15)/p-1. The van der Waals surface area contributed by atoms with Crippen LogP contribution in [0.15, 0.2) is 24.4 Å². The van der Waals surface area contributed by atoms with Crippen molar-refractivity contribution in [3.05, 3.63) is 24.4 Å². The van der Waals surface area contributed by atoms with Crippen molar-refractivity contribution in [1.82, 2.24) is 4.98 Å². The molecule has 0 unspecified atom stereocenters. The lowest BCUT2D eigenvalue weighted by Crippen LogP contribution is -2.31. The molecule has 0 atom stereocenters. The van der Waals surface area contributed by atoms with E-state index in [4.69, 9.17) is 0 Å². The van der Waals surface area contributed by atoms with Crippen LogP contribution in [0.5, 0.6) is 0 Å². The van der Waals surface area contributed by atoms with Crippen LogP contribution in [0, 0.1) is 5.41 Å². The molecule has 1 rings (SSSR count). The summed E-state index contributed by atoms with van der Waals surface area (Å²) >= 11 is 0. The van der Waals surface area contributed by atoms with E-state index in [-0.39, 0.29) is 18.7 Å². The third kappa shape index (κ3) is 5.10. The van der Waals surface area contributed by atoms with Gasteiger partial charge in [0, 0.05) is 18.6 Å². The number of pyridine rings is 1. The first-order chi connectivity index (χ1) is 7.89. The zero-order valence-electron chi connectivity index (χ0n) is 9.90. The highest BCUT2D eigenvalue weighted by Gasteiger charge is 2.22. The smallest absolute Gasteiger partial charge is 0.226 e. The van der Waals surface area contributed by atoms with E-state index >= 15 is 0 Å². The third-order valence-corrected chi connectivity index (χ3v) is 2.19. The number of carboxylic acid groups (broad SMARTS) is 1. The van der Waals surface area contributed by atoms with Crippen LogP contribution in [-0.4, -0.2) is 16.9 Å². The van der Waals surface area contributed by atoms with E-state index in [0.29, 0.717) is 5.82 Å². The van der Waals surface area contributed by atoms with Gasteiger partial charge in [-0.2, -0.15) is 0 Å². The summed E-state index contributed by atoms with van der Waals surface area (Å²) in [4.78, 5) is 26.1. The molecule has 0 radical (unpaired) electrons. The molecule has 17 heavy (non-hydrogen) atoms. The zero-order valence-corrected chi connectivity index (χ0v) is 9.90. The van der Waals surface area contributed by atoms with Crippen molar-refractivity contribution in [1.29, 1.82) is 0 Å². The SMILES string of the molecule is CC(C)(CC(=O)[O-])CC(=O)Nc1ccccn1. The van der Waals surface area contributed by atoms with Crippen molar-refractivity contribution in [3.63, 3.8) is 0 Å². The topological polar surface area (TPSA) is 82.1 Å². The van der Waals surface area contributed by atoms with Crippen molar-refractivity contribution < 1.29 is 14.7 Å². The summed E-state index contributed by atoms with van der Waals surface area (Å²) in [5.74, 6) is -0.947. The number of nitrogens with one attached hydrogen (secondary N) is 1. The molecule has 0 aliphatic heterocycles. The summed E-state index contributed by atoms with van der Waals surface area (Å²) < 4.78 is 0. The average Bonchev–Trinajstić information content (AvgIpc) is 2.15. The van der Waals surface area contributed by atoms with Gasteiger partial charge < -0.3 is 15.2 Å². The van der Waals surface area contributed by atoms with E-state index in [0.717, 1.165) is 0 Å². The maximum atomic E-state index is 11.6. The van der Waals surface area contributed by atoms with E-state index in [1.165, 1.54) is 0 Å². The van der Waals surface area contributed by atoms with Gasteiger partial charge in [-0.15, -0.1) is 0 Å². The van der Waals surface area contributed by atoms with Crippen LogP contribution in [0.2, 0.25) is 0 Å². The highest BCUT2D eigenvalue weighted by molar-refractivity contribution is 5.90. The Hall–Kier alpha value is -1.91. The molecule has 1 amide bonds. The lowest BCUT2D eigenvalue weighted by atomic mass is 9.85. The molecule has 92 valence electrons. The van der Waals surface area contributed by atoms with E-state index in [2.05, 4.69) is 10.3 Å². The zero-order chi connectivity index (χ0) is 12.9. The molecule has 1 aromatic rings. The summed E-state index contributed by atoms with van der Waals surface area (Å²) in [6.07, 6.45) is 1.53. The van der Waals surface area contributed by atoms with Crippen molar-refractivity contribution in [3.8, 4) is 0 Å². The molecule has 1 N–H and O–H groups in total. The van der Waals surface area contributed by atoms with Crippen LogP contribution < -0.4 is 10.4 Å². The van der Waals surface area contributed by atoms with E-state index < -0.39 is 11.4 Å². The normalized spacial score (nSPS) is 10.9. The summed E-state index contributed by atoms with van der Waals surface area (Å²) in [7, 11) is 0. The maximum Gasteiger partial charge on any atom is 0.226 e. The molecule has 0 aliphatic carbocycles. The number of carbonyl (C=O) groups excluding carboxylic acids is 2. The largest absolute Gasteiger partial charge is 0.550 e. The molecular formula is C12H15N2O3-. The van der Waals surface area contributed by atoms with Gasteiger partial charge in [-0.05, 0) is 24.0 Å². The Balaban J connectivity index is 2.52. The summed E-state index contributed by atoms with van der Waals surface area (Å²) in [6.45, 7) is 3.42. The van der Waals surface area contributed by atoms with Crippen LogP contribution in [0.1, 0.15) is 26.7 Å². The van der Waals surface area contributed by atoms with Gasteiger partial charge in [-0.25, -0.2) is 4.98 Å². The maximum absolute atomic E-state index is 11.6. The Bertz CT molecular complexity index is 401. The Labute approximate surface area is 99.9 Å². The fraction of sp³-hybridized carbons (Fsp3) is 0.417. The third-order valence-electron chi connectivity index (χ3n) is 2.19. The molecule has 0 fully saturated rings. The minimum absolute atomic E-state index is 0.109. The minimum atomic E-state index is -1.15. The molecule has 5 heteroatoms. The number of anilines is 1. The van der Waals surface area contributed by atoms with Crippen LogP contribution >= 0.6 is 0 Å². The van der Waals surface area contributed by atoms with Gasteiger partial charge in [0.15, 0.2) is 0 Å². The van der Waals surface area contributed by atoms with Crippen molar-refractivity contribution in [2.75, 3.05) is 5.32 Å². The summed E-state index contributed by atoms with van der Waals surface area (Å²) in [6, 6.07) is 5.17. The number of aromatic nitrogens is 1. The Morgan fingerprint density at radius 1 is 1.35 bits per heavy atom. The predicted octanol–water partition coefficient (Wildman–Crippen LogP) is 0.576. The molecule has 0 saturated heterocycles. The Morgan fingerprint density at radius 3 is 2.59 bits per heavy atom. The van der Waals surface area contributed by atoms with Crippen LogP contribution in [0.25, 0.3) is 0 Å². The number of carboxylic acids is 1. The van der Waals surface area contributed by atoms with Gasteiger partial charge in [0.2, 0.25) is 5.91 Å². The summed E-state index contributed by atoms with van der Waals surface area (Å²) in [5, 5.41) is 13.1. The van der Waals surface area contributed by atoms with E-state index in [1.807, 2.05) is 0 Å². The van der Waals surface area contributed by atoms with E-state index in [1.54, 1.807) is 38.2 Å². The van der Waals surface area contributed by atoms with Crippen molar-refractivity contribution >= 4 is 17.7 Å².